The summed E-state index contributed by atoms with van der Waals surface area (Å²) in [5.41, 5.74) is -2.65. The molecule has 11 heavy (non-hydrogen) atoms. The molecular weight excluding hydrogens is 156 g/mol. The van der Waals surface area contributed by atoms with Crippen LogP contribution in [0.2, 0.25) is 0 Å². The Morgan fingerprint density at radius 1 is 1.36 bits per heavy atom. The molecule has 0 spiro atoms. The molecule has 0 heterocycles. The van der Waals surface area contributed by atoms with Gasteiger partial charge in [-0.15, -0.1) is 0 Å². The lowest BCUT2D eigenvalue weighted by Gasteiger charge is -2.20. The molecule has 0 saturated heterocycles. The first kappa shape index (κ1) is 9.86. The number of aliphatic hydroxyl groups is 2. The summed E-state index contributed by atoms with van der Waals surface area (Å²) in [5.74, 6) is -3.56. The summed E-state index contributed by atoms with van der Waals surface area (Å²) in [6, 6.07) is 0. The van der Waals surface area contributed by atoms with E-state index in [9.17, 15) is 9.59 Å². The zero-order chi connectivity index (χ0) is 9.23. The molecule has 2 atom stereocenters. The van der Waals surface area contributed by atoms with Gasteiger partial charge in [-0.1, -0.05) is 0 Å². The van der Waals surface area contributed by atoms with Gasteiger partial charge < -0.3 is 20.4 Å². The predicted octanol–water partition coefficient (Wildman–Crippen LogP) is -1.73. The van der Waals surface area contributed by atoms with Gasteiger partial charge in [-0.3, -0.25) is 0 Å². The quantitative estimate of drug-likeness (QED) is 0.394. The van der Waals surface area contributed by atoms with Gasteiger partial charge in [-0.2, -0.15) is 0 Å². The lowest BCUT2D eigenvalue weighted by molar-refractivity contribution is -0.180. The number of carbonyl (C=O) groups is 2. The SMILES string of the molecule is C[C@@](O)(C(=O)O)[C@@H](O)C(=O)O. The minimum absolute atomic E-state index is 0.703. The summed E-state index contributed by atoms with van der Waals surface area (Å²) in [6.45, 7) is 0.703. The number of rotatable bonds is 3. The van der Waals surface area contributed by atoms with Gasteiger partial charge in [0, 0.05) is 0 Å². The molecule has 0 amide bonds. The maximum absolute atomic E-state index is 10.1. The largest absolute Gasteiger partial charge is 0.479 e. The van der Waals surface area contributed by atoms with Crippen molar-refractivity contribution in [2.75, 3.05) is 0 Å². The molecule has 0 aliphatic heterocycles. The molecule has 0 fully saturated rings. The Balaban J connectivity index is 4.55. The second-order valence-corrected chi connectivity index (χ2v) is 2.19. The van der Waals surface area contributed by atoms with Crippen LogP contribution in [0.3, 0.4) is 0 Å². The highest BCUT2D eigenvalue weighted by Gasteiger charge is 2.43. The molecule has 6 nitrogen and oxygen atoms in total. The summed E-state index contributed by atoms with van der Waals surface area (Å²) in [5, 5.41) is 33.7. The number of aliphatic carboxylic acids is 2. The van der Waals surface area contributed by atoms with E-state index in [4.69, 9.17) is 20.4 Å². The van der Waals surface area contributed by atoms with Crippen molar-refractivity contribution >= 4 is 11.9 Å². The fourth-order valence-corrected chi connectivity index (χ4v) is 0.357. The van der Waals surface area contributed by atoms with Crippen molar-refractivity contribution in [2.24, 2.45) is 0 Å². The van der Waals surface area contributed by atoms with Gasteiger partial charge in [0.15, 0.2) is 11.7 Å². The van der Waals surface area contributed by atoms with Crippen molar-refractivity contribution in [2.45, 2.75) is 18.6 Å². The normalized spacial score (nSPS) is 18.5. The average molecular weight is 164 g/mol. The molecule has 4 N–H and O–H groups in total. The summed E-state index contributed by atoms with van der Waals surface area (Å²) in [4.78, 5) is 20.1. The summed E-state index contributed by atoms with van der Waals surface area (Å²) < 4.78 is 0. The molecule has 6 heteroatoms. The Labute approximate surface area is 61.7 Å². The smallest absolute Gasteiger partial charge is 0.338 e. The Morgan fingerprint density at radius 2 is 1.73 bits per heavy atom. The molecule has 0 bridgehead atoms. The van der Waals surface area contributed by atoms with Gasteiger partial charge in [0.25, 0.3) is 0 Å². The third-order valence-corrected chi connectivity index (χ3v) is 1.20. The molecule has 0 saturated carbocycles. The van der Waals surface area contributed by atoms with Gasteiger partial charge in [-0.05, 0) is 6.92 Å². The molecule has 0 aliphatic carbocycles. The topological polar surface area (TPSA) is 115 Å². The van der Waals surface area contributed by atoms with Crippen LogP contribution < -0.4 is 0 Å². The van der Waals surface area contributed by atoms with Gasteiger partial charge in [0.1, 0.15) is 0 Å². The van der Waals surface area contributed by atoms with E-state index in [0.29, 0.717) is 6.92 Å². The van der Waals surface area contributed by atoms with Crippen LogP contribution in [0.15, 0.2) is 0 Å². The van der Waals surface area contributed by atoms with Crippen molar-refractivity contribution in [1.29, 1.82) is 0 Å². The third kappa shape index (κ3) is 1.89. The first-order chi connectivity index (χ1) is 4.80. The van der Waals surface area contributed by atoms with E-state index in [1.807, 2.05) is 0 Å². The molecule has 0 aliphatic rings. The number of hydrogen-bond donors (Lipinski definition) is 4. The number of carboxylic acid groups (broad SMARTS) is 2. The van der Waals surface area contributed by atoms with E-state index in [1.165, 1.54) is 0 Å². The first-order valence-electron chi connectivity index (χ1n) is 2.66. The van der Waals surface area contributed by atoms with Crippen LogP contribution in [-0.2, 0) is 9.59 Å². The van der Waals surface area contributed by atoms with Crippen LogP contribution >= 0.6 is 0 Å². The second-order valence-electron chi connectivity index (χ2n) is 2.19. The van der Waals surface area contributed by atoms with Crippen LogP contribution in [0, 0.1) is 0 Å². The minimum atomic E-state index is -2.65. The van der Waals surface area contributed by atoms with Crippen LogP contribution in [0.1, 0.15) is 6.92 Å². The van der Waals surface area contributed by atoms with Crippen LogP contribution in [0.25, 0.3) is 0 Å². The molecule has 0 aromatic heterocycles. The van der Waals surface area contributed by atoms with Crippen LogP contribution in [0.5, 0.6) is 0 Å². The molecule has 0 radical (unpaired) electrons. The fourth-order valence-electron chi connectivity index (χ4n) is 0.357. The average Bonchev–Trinajstić information content (AvgIpc) is 1.85. The lowest BCUT2D eigenvalue weighted by Crippen LogP contribution is -2.50. The predicted molar refractivity (Wildman–Crippen MR) is 31.9 cm³/mol. The first-order valence-corrected chi connectivity index (χ1v) is 2.66. The van der Waals surface area contributed by atoms with Crippen molar-refractivity contribution in [3.63, 3.8) is 0 Å². The zero-order valence-electron chi connectivity index (χ0n) is 5.68. The molecule has 0 aromatic carbocycles. The lowest BCUT2D eigenvalue weighted by atomic mass is 10.00. The Kier molecular flexibility index (Phi) is 2.55. The van der Waals surface area contributed by atoms with E-state index in [1.54, 1.807) is 0 Å². The summed E-state index contributed by atoms with van der Waals surface area (Å²) >= 11 is 0. The van der Waals surface area contributed by atoms with Crippen molar-refractivity contribution in [1.82, 2.24) is 0 Å². The van der Waals surface area contributed by atoms with E-state index in [0.717, 1.165) is 0 Å². The van der Waals surface area contributed by atoms with Crippen LogP contribution in [0.4, 0.5) is 0 Å². The molecule has 0 unspecified atom stereocenters. The van der Waals surface area contributed by atoms with Gasteiger partial charge >= 0.3 is 11.9 Å². The number of hydrogen-bond acceptors (Lipinski definition) is 4. The third-order valence-electron chi connectivity index (χ3n) is 1.20. The van der Waals surface area contributed by atoms with E-state index < -0.39 is 23.6 Å². The van der Waals surface area contributed by atoms with Gasteiger partial charge in [0.2, 0.25) is 0 Å². The number of aliphatic hydroxyl groups excluding tert-OH is 1. The van der Waals surface area contributed by atoms with Gasteiger partial charge in [-0.25, -0.2) is 9.59 Å². The zero-order valence-corrected chi connectivity index (χ0v) is 5.68. The van der Waals surface area contributed by atoms with Crippen molar-refractivity contribution in [3.05, 3.63) is 0 Å². The standard InChI is InChI=1S/C5H8O6/c1-5(11,4(9)10)2(6)3(7)8/h2,6,11H,1H3,(H,7,8)(H,9,10)/t2-,5-/m0/s1. The summed E-state index contributed by atoms with van der Waals surface area (Å²) in [6.07, 6.45) is -2.32. The number of carboxylic acids is 2. The molecule has 0 rings (SSSR count). The highest BCUT2D eigenvalue weighted by Crippen LogP contribution is 2.09. The Hall–Kier alpha value is -1.14. The van der Waals surface area contributed by atoms with Crippen LogP contribution in [-0.4, -0.2) is 44.1 Å². The molecular formula is C5H8O6. The van der Waals surface area contributed by atoms with Gasteiger partial charge in [0.05, 0.1) is 0 Å². The van der Waals surface area contributed by atoms with Crippen molar-refractivity contribution in [3.8, 4) is 0 Å². The maximum atomic E-state index is 10.1. The highest BCUT2D eigenvalue weighted by molar-refractivity contribution is 5.86. The second kappa shape index (κ2) is 2.85. The summed E-state index contributed by atoms with van der Waals surface area (Å²) in [7, 11) is 0. The molecule has 0 aromatic rings. The monoisotopic (exact) mass is 164 g/mol. The Bertz CT molecular complexity index is 183. The Morgan fingerprint density at radius 3 is 1.82 bits per heavy atom. The van der Waals surface area contributed by atoms with E-state index in [2.05, 4.69) is 0 Å². The van der Waals surface area contributed by atoms with Crippen molar-refractivity contribution < 1.29 is 30.0 Å². The highest BCUT2D eigenvalue weighted by atomic mass is 16.4. The molecule has 64 valence electrons. The van der Waals surface area contributed by atoms with E-state index in [-0.39, 0.29) is 0 Å². The minimum Gasteiger partial charge on any atom is -0.479 e. The fraction of sp³-hybridized carbons (Fsp3) is 0.600. The van der Waals surface area contributed by atoms with E-state index >= 15 is 0 Å². The maximum Gasteiger partial charge on any atom is 0.338 e.